The third-order valence-electron chi connectivity index (χ3n) is 2.66. The molecular weight excluding hydrogens is 250 g/mol. The molecule has 0 aliphatic carbocycles. The highest BCUT2D eigenvalue weighted by atomic mass is 32.1. The van der Waals surface area contributed by atoms with E-state index in [0.717, 1.165) is 5.56 Å². The zero-order chi connectivity index (χ0) is 13.5. The van der Waals surface area contributed by atoms with Crippen LogP contribution in [0.25, 0.3) is 0 Å². The van der Waals surface area contributed by atoms with Crippen molar-refractivity contribution < 1.29 is 14.7 Å². The predicted octanol–water partition coefficient (Wildman–Crippen LogP) is 1.36. The number of carbonyl (C=O) groups is 2. The molecule has 0 fully saturated rings. The largest absolute Gasteiger partial charge is 0.481 e. The van der Waals surface area contributed by atoms with Crippen LogP contribution in [0.1, 0.15) is 12.5 Å². The first-order valence-electron chi connectivity index (χ1n) is 5.72. The highest BCUT2D eigenvalue weighted by molar-refractivity contribution is 7.80. The predicted molar refractivity (Wildman–Crippen MR) is 72.7 cm³/mol. The van der Waals surface area contributed by atoms with E-state index < -0.39 is 17.8 Å². The maximum Gasteiger partial charge on any atom is 0.315 e. The van der Waals surface area contributed by atoms with Crippen molar-refractivity contribution in [2.75, 3.05) is 5.75 Å². The fourth-order valence-electron chi connectivity index (χ4n) is 1.50. The zero-order valence-corrected chi connectivity index (χ0v) is 11.1. The Bertz CT molecular complexity index is 408. The van der Waals surface area contributed by atoms with E-state index in [1.54, 1.807) is 0 Å². The number of amides is 1. The monoisotopic (exact) mass is 267 g/mol. The Hall–Kier alpha value is -1.49. The minimum absolute atomic E-state index is 0.162. The zero-order valence-electron chi connectivity index (χ0n) is 10.2. The second kappa shape index (κ2) is 7.06. The summed E-state index contributed by atoms with van der Waals surface area (Å²) in [5.74, 6) is -2.17. The maximum atomic E-state index is 11.6. The van der Waals surface area contributed by atoms with Gasteiger partial charge in [-0.3, -0.25) is 9.59 Å². The van der Waals surface area contributed by atoms with E-state index in [-0.39, 0.29) is 6.04 Å². The number of nitrogens with one attached hydrogen (secondary N) is 1. The Morgan fingerprint density at radius 1 is 1.33 bits per heavy atom. The van der Waals surface area contributed by atoms with Gasteiger partial charge in [0.1, 0.15) is 5.92 Å². The molecule has 0 aromatic heterocycles. The van der Waals surface area contributed by atoms with Crippen molar-refractivity contribution in [1.29, 1.82) is 0 Å². The molecule has 0 saturated carbocycles. The van der Waals surface area contributed by atoms with Crippen LogP contribution in [0.4, 0.5) is 0 Å². The summed E-state index contributed by atoms with van der Waals surface area (Å²) in [7, 11) is 0. The van der Waals surface area contributed by atoms with E-state index in [1.165, 1.54) is 6.92 Å². The summed E-state index contributed by atoms with van der Waals surface area (Å²) in [4.78, 5) is 22.3. The Morgan fingerprint density at radius 3 is 2.44 bits per heavy atom. The number of carboxylic acid groups (broad SMARTS) is 1. The average molecular weight is 267 g/mol. The summed E-state index contributed by atoms with van der Waals surface area (Å²) in [6.45, 7) is 1.37. The second-order valence-electron chi connectivity index (χ2n) is 4.14. The van der Waals surface area contributed by atoms with Crippen molar-refractivity contribution in [3.8, 4) is 0 Å². The molecule has 1 amide bonds. The van der Waals surface area contributed by atoms with Crippen LogP contribution in [0.3, 0.4) is 0 Å². The molecule has 2 atom stereocenters. The Morgan fingerprint density at radius 2 is 1.94 bits per heavy atom. The highest BCUT2D eigenvalue weighted by Gasteiger charge is 2.22. The minimum Gasteiger partial charge on any atom is -0.481 e. The van der Waals surface area contributed by atoms with Crippen LogP contribution in [0.5, 0.6) is 0 Å². The molecule has 0 aliphatic heterocycles. The molecule has 1 aromatic carbocycles. The third-order valence-corrected chi connectivity index (χ3v) is 3.10. The van der Waals surface area contributed by atoms with Gasteiger partial charge in [0.2, 0.25) is 5.91 Å². The van der Waals surface area contributed by atoms with Gasteiger partial charge in [-0.1, -0.05) is 30.3 Å². The van der Waals surface area contributed by atoms with Gasteiger partial charge < -0.3 is 10.4 Å². The van der Waals surface area contributed by atoms with Crippen molar-refractivity contribution in [3.05, 3.63) is 35.9 Å². The average Bonchev–Trinajstić information content (AvgIpc) is 2.37. The van der Waals surface area contributed by atoms with Gasteiger partial charge in [0.05, 0.1) is 0 Å². The highest BCUT2D eigenvalue weighted by Crippen LogP contribution is 2.05. The molecule has 0 saturated heterocycles. The first-order chi connectivity index (χ1) is 8.54. The fraction of sp³-hybridized carbons (Fsp3) is 0.385. The fourth-order valence-corrected chi connectivity index (χ4v) is 1.72. The van der Waals surface area contributed by atoms with E-state index >= 15 is 0 Å². The number of carboxylic acids is 1. The lowest BCUT2D eigenvalue weighted by molar-refractivity contribution is -0.146. The standard InChI is InChI=1S/C13H17NO3S/c1-9(13(16)17)12(15)14-11(8-18)7-10-5-3-2-4-6-10/h2-6,9,11,18H,7-8H2,1H3,(H,14,15)(H,16,17)/t9-,11+/m1/s1. The minimum atomic E-state index is -1.12. The van der Waals surface area contributed by atoms with Crippen molar-refractivity contribution in [1.82, 2.24) is 5.32 Å². The van der Waals surface area contributed by atoms with Crippen molar-refractivity contribution in [2.45, 2.75) is 19.4 Å². The van der Waals surface area contributed by atoms with Gasteiger partial charge in [0.15, 0.2) is 0 Å². The lowest BCUT2D eigenvalue weighted by Gasteiger charge is -2.18. The van der Waals surface area contributed by atoms with Crippen LogP contribution in [0.15, 0.2) is 30.3 Å². The van der Waals surface area contributed by atoms with E-state index in [9.17, 15) is 9.59 Å². The van der Waals surface area contributed by atoms with E-state index in [0.29, 0.717) is 12.2 Å². The van der Waals surface area contributed by atoms with Crippen molar-refractivity contribution in [3.63, 3.8) is 0 Å². The maximum absolute atomic E-state index is 11.6. The molecule has 2 N–H and O–H groups in total. The molecule has 0 radical (unpaired) electrons. The molecule has 0 bridgehead atoms. The number of hydrogen-bond donors (Lipinski definition) is 3. The van der Waals surface area contributed by atoms with Crippen LogP contribution < -0.4 is 5.32 Å². The van der Waals surface area contributed by atoms with Crippen LogP contribution >= 0.6 is 12.6 Å². The molecule has 1 rings (SSSR count). The number of hydrogen-bond acceptors (Lipinski definition) is 3. The van der Waals surface area contributed by atoms with Gasteiger partial charge in [-0.2, -0.15) is 12.6 Å². The molecule has 5 heteroatoms. The van der Waals surface area contributed by atoms with E-state index in [1.807, 2.05) is 30.3 Å². The van der Waals surface area contributed by atoms with Crippen LogP contribution in [-0.4, -0.2) is 28.8 Å². The molecule has 0 aliphatic rings. The summed E-state index contributed by atoms with van der Waals surface area (Å²) in [5.41, 5.74) is 1.08. The van der Waals surface area contributed by atoms with E-state index in [2.05, 4.69) is 17.9 Å². The summed E-state index contributed by atoms with van der Waals surface area (Å²) >= 11 is 4.18. The third kappa shape index (κ3) is 4.41. The van der Waals surface area contributed by atoms with Gasteiger partial charge in [-0.15, -0.1) is 0 Å². The molecule has 18 heavy (non-hydrogen) atoms. The molecule has 98 valence electrons. The Labute approximate surface area is 112 Å². The quantitative estimate of drug-likeness (QED) is 0.538. The van der Waals surface area contributed by atoms with Gasteiger partial charge in [0, 0.05) is 11.8 Å². The molecule has 0 heterocycles. The summed E-state index contributed by atoms with van der Waals surface area (Å²) in [6, 6.07) is 9.53. The summed E-state index contributed by atoms with van der Waals surface area (Å²) in [5, 5.41) is 11.4. The molecule has 0 spiro atoms. The van der Waals surface area contributed by atoms with E-state index in [4.69, 9.17) is 5.11 Å². The van der Waals surface area contributed by atoms with Crippen LogP contribution in [0.2, 0.25) is 0 Å². The van der Waals surface area contributed by atoms with Crippen molar-refractivity contribution in [2.24, 2.45) is 5.92 Å². The molecule has 4 nitrogen and oxygen atoms in total. The molecule has 1 aromatic rings. The van der Waals surface area contributed by atoms with Gasteiger partial charge in [-0.05, 0) is 18.9 Å². The number of aliphatic carboxylic acids is 1. The number of rotatable bonds is 6. The molecular formula is C13H17NO3S. The van der Waals surface area contributed by atoms with Gasteiger partial charge >= 0.3 is 5.97 Å². The topological polar surface area (TPSA) is 66.4 Å². The summed E-state index contributed by atoms with van der Waals surface area (Å²) in [6.07, 6.45) is 0.641. The normalized spacial score (nSPS) is 13.7. The first kappa shape index (κ1) is 14.6. The lowest BCUT2D eigenvalue weighted by atomic mass is 10.1. The Kier molecular flexibility index (Phi) is 5.71. The SMILES string of the molecule is C[C@@H](C(=O)O)C(=O)N[C@H](CS)Cc1ccccc1. The van der Waals surface area contributed by atoms with Crippen LogP contribution in [0, 0.1) is 5.92 Å². The molecule has 0 unspecified atom stereocenters. The lowest BCUT2D eigenvalue weighted by Crippen LogP contribution is -2.42. The Balaban J connectivity index is 2.57. The van der Waals surface area contributed by atoms with Crippen LogP contribution in [-0.2, 0) is 16.0 Å². The number of thiol groups is 1. The smallest absolute Gasteiger partial charge is 0.315 e. The van der Waals surface area contributed by atoms with Gasteiger partial charge in [-0.25, -0.2) is 0 Å². The van der Waals surface area contributed by atoms with Crippen molar-refractivity contribution >= 4 is 24.5 Å². The van der Waals surface area contributed by atoms with Gasteiger partial charge in [0.25, 0.3) is 0 Å². The number of benzene rings is 1. The second-order valence-corrected chi connectivity index (χ2v) is 4.50. The summed E-state index contributed by atoms with van der Waals surface area (Å²) < 4.78 is 0. The first-order valence-corrected chi connectivity index (χ1v) is 6.35. The number of carbonyl (C=O) groups excluding carboxylic acids is 1.